The highest BCUT2D eigenvalue weighted by atomic mass is 16.7. The number of aliphatic hydroxyl groups excluding tert-OH is 3. The number of rotatable bonds is 4. The molecule has 2 aliphatic heterocycles. The Bertz CT molecular complexity index is 1120. The van der Waals surface area contributed by atoms with Crippen LogP contribution >= 0.6 is 0 Å². The Hall–Kier alpha value is -3.32. The maximum absolute atomic E-state index is 13.1. The van der Waals surface area contributed by atoms with E-state index in [9.17, 15) is 30.0 Å². The van der Waals surface area contributed by atoms with Crippen molar-refractivity contribution in [2.75, 3.05) is 10.2 Å². The van der Waals surface area contributed by atoms with Crippen molar-refractivity contribution in [2.45, 2.75) is 56.5 Å². The van der Waals surface area contributed by atoms with Crippen molar-refractivity contribution in [3.63, 3.8) is 0 Å². The fourth-order valence-electron chi connectivity index (χ4n) is 3.99. The monoisotopic (exact) mass is 458 g/mol. The van der Waals surface area contributed by atoms with Crippen molar-refractivity contribution in [3.8, 4) is 5.75 Å². The Morgan fingerprint density at radius 2 is 1.94 bits per heavy atom. The third-order valence-electron chi connectivity index (χ3n) is 5.90. The molecule has 0 bridgehead atoms. The van der Waals surface area contributed by atoms with Crippen LogP contribution in [0.3, 0.4) is 0 Å². The highest BCUT2D eigenvalue weighted by Crippen LogP contribution is 2.44. The zero-order valence-electron chi connectivity index (χ0n) is 17.5. The lowest BCUT2D eigenvalue weighted by Gasteiger charge is -2.38. The molecular formula is C21H22N4O8. The second-order valence-corrected chi connectivity index (χ2v) is 8.28. The van der Waals surface area contributed by atoms with Crippen LogP contribution in [0.25, 0.3) is 0 Å². The van der Waals surface area contributed by atoms with E-state index >= 15 is 0 Å². The molecule has 1 saturated carbocycles. The molecule has 0 spiro atoms. The minimum Gasteiger partial charge on any atom is -0.479 e. The molecule has 1 saturated heterocycles. The summed E-state index contributed by atoms with van der Waals surface area (Å²) in [6.07, 6.45) is -3.99. The van der Waals surface area contributed by atoms with Crippen LogP contribution < -0.4 is 15.0 Å². The van der Waals surface area contributed by atoms with E-state index in [0.29, 0.717) is 17.3 Å². The lowest BCUT2D eigenvalue weighted by Crippen LogP contribution is -2.61. The molecule has 1 amide bonds. The van der Waals surface area contributed by atoms with E-state index in [4.69, 9.17) is 9.47 Å². The fraction of sp³-hybridized carbons (Fsp3) is 0.429. The second-order valence-electron chi connectivity index (χ2n) is 8.28. The molecule has 2 aromatic rings. The molecule has 0 aromatic carbocycles. The highest BCUT2D eigenvalue weighted by Gasteiger charge is 2.48. The molecule has 174 valence electrons. The fourth-order valence-corrected chi connectivity index (χ4v) is 3.99. The maximum atomic E-state index is 13.1. The summed E-state index contributed by atoms with van der Waals surface area (Å²) in [5.74, 6) is -0.969. The number of ether oxygens (including phenoxy) is 2. The molecule has 5 N–H and O–H groups in total. The third-order valence-corrected chi connectivity index (χ3v) is 5.90. The Balaban J connectivity index is 1.49. The van der Waals surface area contributed by atoms with Crippen molar-refractivity contribution in [3.05, 3.63) is 35.7 Å². The first-order valence-electron chi connectivity index (χ1n) is 10.4. The number of amides is 1. The number of anilines is 3. The van der Waals surface area contributed by atoms with Crippen molar-refractivity contribution >= 4 is 29.2 Å². The summed E-state index contributed by atoms with van der Waals surface area (Å²) < 4.78 is 10.7. The van der Waals surface area contributed by atoms with Gasteiger partial charge in [-0.2, -0.15) is 0 Å². The lowest BCUT2D eigenvalue weighted by molar-refractivity contribution is -0.271. The van der Waals surface area contributed by atoms with Gasteiger partial charge in [0.15, 0.2) is 11.9 Å². The van der Waals surface area contributed by atoms with Gasteiger partial charge in [-0.25, -0.2) is 14.8 Å². The Morgan fingerprint density at radius 1 is 1.18 bits per heavy atom. The number of hydrogen-bond donors (Lipinski definition) is 5. The second kappa shape index (κ2) is 7.92. The van der Waals surface area contributed by atoms with E-state index in [1.165, 1.54) is 12.3 Å². The first-order chi connectivity index (χ1) is 15.8. The van der Waals surface area contributed by atoms with E-state index < -0.39 is 42.6 Å². The van der Waals surface area contributed by atoms with Gasteiger partial charge < -0.3 is 40.1 Å². The summed E-state index contributed by atoms with van der Waals surface area (Å²) in [6.45, 7) is 1.87. The van der Waals surface area contributed by atoms with Gasteiger partial charge in [-0.05, 0) is 37.5 Å². The number of hydrogen-bond acceptors (Lipinski definition) is 10. The van der Waals surface area contributed by atoms with Gasteiger partial charge in [0.25, 0.3) is 5.91 Å². The first-order valence-corrected chi connectivity index (χ1v) is 10.4. The number of pyridine rings is 2. The number of carbonyl (C=O) groups is 2. The molecule has 33 heavy (non-hydrogen) atoms. The number of nitrogens with zero attached hydrogens (tertiary/aromatic N) is 3. The Morgan fingerprint density at radius 3 is 2.64 bits per heavy atom. The summed E-state index contributed by atoms with van der Waals surface area (Å²) in [5.41, 5.74) is 1.62. The average Bonchev–Trinajstić information content (AvgIpc) is 3.62. The number of nitrogens with one attached hydrogen (secondary N) is 1. The molecule has 2 fully saturated rings. The van der Waals surface area contributed by atoms with Crippen LogP contribution in [0.1, 0.15) is 28.8 Å². The van der Waals surface area contributed by atoms with Gasteiger partial charge in [0.05, 0.1) is 17.4 Å². The van der Waals surface area contributed by atoms with Crippen molar-refractivity contribution < 1.29 is 39.5 Å². The van der Waals surface area contributed by atoms with E-state index in [1.54, 1.807) is 12.3 Å². The van der Waals surface area contributed by atoms with Crippen molar-refractivity contribution in [2.24, 2.45) is 0 Å². The van der Waals surface area contributed by atoms with Crippen molar-refractivity contribution in [1.29, 1.82) is 0 Å². The zero-order chi connectivity index (χ0) is 23.4. The van der Waals surface area contributed by atoms with Crippen LogP contribution in [0.5, 0.6) is 5.75 Å². The molecule has 12 nitrogen and oxygen atoms in total. The molecular weight excluding hydrogens is 436 g/mol. The number of aromatic nitrogens is 2. The van der Waals surface area contributed by atoms with Crippen LogP contribution in [0.4, 0.5) is 17.3 Å². The van der Waals surface area contributed by atoms with Gasteiger partial charge in [0, 0.05) is 12.2 Å². The first kappa shape index (κ1) is 21.5. The molecule has 0 unspecified atom stereocenters. The summed E-state index contributed by atoms with van der Waals surface area (Å²) >= 11 is 0. The van der Waals surface area contributed by atoms with Gasteiger partial charge in [0.2, 0.25) is 6.29 Å². The van der Waals surface area contributed by atoms with Gasteiger partial charge in [-0.1, -0.05) is 0 Å². The Labute approximate surface area is 187 Å². The summed E-state index contributed by atoms with van der Waals surface area (Å²) in [5, 5.41) is 42.1. The van der Waals surface area contributed by atoms with E-state index in [2.05, 4.69) is 15.3 Å². The van der Waals surface area contributed by atoms with Gasteiger partial charge >= 0.3 is 5.97 Å². The number of fused-ring (bicyclic) bond motifs is 2. The van der Waals surface area contributed by atoms with Crippen LogP contribution in [0.2, 0.25) is 0 Å². The third kappa shape index (κ3) is 3.66. The summed E-state index contributed by atoms with van der Waals surface area (Å²) in [4.78, 5) is 35.2. The van der Waals surface area contributed by atoms with Crippen LogP contribution in [-0.4, -0.2) is 79.0 Å². The number of aryl methyl sites for hydroxylation is 1. The summed E-state index contributed by atoms with van der Waals surface area (Å²) in [7, 11) is 0. The van der Waals surface area contributed by atoms with Gasteiger partial charge in [-0.3, -0.25) is 4.79 Å². The average molecular weight is 458 g/mol. The SMILES string of the molecule is Cc1ccnc2c1NC(=O)c1cc(O[C@@H]3O[C@H](C(=O)O)[C@@H](O)[C@H](O)[C@H]3O)cnc1N2C1CC1. The quantitative estimate of drug-likeness (QED) is 0.414. The van der Waals surface area contributed by atoms with E-state index in [0.717, 1.165) is 18.4 Å². The Kier molecular flexibility index (Phi) is 5.16. The minimum absolute atomic E-state index is 0.00654. The van der Waals surface area contributed by atoms with Crippen LogP contribution in [0.15, 0.2) is 24.5 Å². The minimum atomic E-state index is -1.84. The van der Waals surface area contributed by atoms with Crippen LogP contribution in [0, 0.1) is 6.92 Å². The van der Waals surface area contributed by atoms with E-state index in [-0.39, 0.29) is 17.4 Å². The largest absolute Gasteiger partial charge is 0.479 e. The highest BCUT2D eigenvalue weighted by molar-refractivity contribution is 6.12. The van der Waals surface area contributed by atoms with Crippen LogP contribution in [-0.2, 0) is 9.53 Å². The zero-order valence-corrected chi connectivity index (χ0v) is 17.5. The maximum Gasteiger partial charge on any atom is 0.335 e. The predicted octanol–water partition coefficient (Wildman–Crippen LogP) is -0.0778. The molecule has 5 rings (SSSR count). The topological polar surface area (TPSA) is 175 Å². The number of carboxylic acid groups (broad SMARTS) is 1. The molecule has 1 aliphatic carbocycles. The molecule has 3 aliphatic rings. The molecule has 2 aromatic heterocycles. The summed E-state index contributed by atoms with van der Waals surface area (Å²) in [6, 6.07) is 3.33. The number of aliphatic hydroxyl groups is 3. The van der Waals surface area contributed by atoms with Gasteiger partial charge in [-0.15, -0.1) is 0 Å². The normalized spacial score (nSPS) is 28.9. The standard InChI is InChI=1S/C21H22N4O8/c1-8-4-5-22-18-12(8)24-19(29)11-6-10(7-23-17(11)25(18)9-2-3-9)32-21-15(28)13(26)14(27)16(33-21)20(30)31/h4-7,9,13-16,21,26-28H,2-3H2,1H3,(H,24,29)(H,30,31)/t13-,14-,15+,16-,21+/m0/s1. The lowest BCUT2D eigenvalue weighted by atomic mass is 9.99. The molecule has 12 heteroatoms. The van der Waals surface area contributed by atoms with E-state index in [1.807, 2.05) is 11.8 Å². The molecule has 5 atom stereocenters. The number of aliphatic carboxylic acids is 1. The van der Waals surface area contributed by atoms with Crippen molar-refractivity contribution in [1.82, 2.24) is 9.97 Å². The smallest absolute Gasteiger partial charge is 0.335 e. The molecule has 0 radical (unpaired) electrons. The number of carbonyl (C=O) groups excluding carboxylic acids is 1. The van der Waals surface area contributed by atoms with Gasteiger partial charge in [0.1, 0.15) is 29.9 Å². The molecule has 4 heterocycles. The predicted molar refractivity (Wildman–Crippen MR) is 111 cm³/mol. The number of carboxylic acids is 1.